The predicted molar refractivity (Wildman–Crippen MR) is 75.0 cm³/mol. The van der Waals surface area contributed by atoms with E-state index in [-0.39, 0.29) is 11.2 Å². The van der Waals surface area contributed by atoms with Crippen LogP contribution < -0.4 is 10.5 Å². The highest BCUT2D eigenvalue weighted by Gasteiger charge is 2.35. The van der Waals surface area contributed by atoms with Gasteiger partial charge < -0.3 is 10.5 Å². The largest absolute Gasteiger partial charge is 0.497 e. The molecular formula is C14H21NO3S. The fraction of sp³-hybridized carbons (Fsp3) is 0.571. The van der Waals surface area contributed by atoms with Crippen molar-refractivity contribution in [2.24, 2.45) is 11.7 Å². The maximum Gasteiger partial charge on any atom is 0.181 e. The van der Waals surface area contributed by atoms with Gasteiger partial charge in [0.2, 0.25) is 0 Å². The van der Waals surface area contributed by atoms with E-state index < -0.39 is 9.84 Å². The van der Waals surface area contributed by atoms with Crippen LogP contribution in [0.4, 0.5) is 0 Å². The molecule has 106 valence electrons. The standard InChI is InChI=1S/C14H21NO3S/c1-18-12-6-8-13(9-7-12)19(16,17)14-5-3-2-4-11(14)10-15/h6-9,11,14H,2-5,10,15H2,1H3. The Morgan fingerprint density at radius 2 is 1.84 bits per heavy atom. The van der Waals surface area contributed by atoms with Crippen molar-refractivity contribution in [2.75, 3.05) is 13.7 Å². The lowest BCUT2D eigenvalue weighted by Crippen LogP contribution is -2.37. The number of hydrogen-bond acceptors (Lipinski definition) is 4. The van der Waals surface area contributed by atoms with Crippen LogP contribution in [0.25, 0.3) is 0 Å². The maximum absolute atomic E-state index is 12.7. The highest BCUT2D eigenvalue weighted by Crippen LogP contribution is 2.33. The Labute approximate surface area is 114 Å². The molecule has 1 fully saturated rings. The zero-order valence-electron chi connectivity index (χ0n) is 11.2. The first kappa shape index (κ1) is 14.3. The summed E-state index contributed by atoms with van der Waals surface area (Å²) < 4.78 is 30.4. The van der Waals surface area contributed by atoms with Crippen LogP contribution in [0.2, 0.25) is 0 Å². The first-order valence-electron chi connectivity index (χ1n) is 6.67. The van der Waals surface area contributed by atoms with Crippen molar-refractivity contribution in [1.82, 2.24) is 0 Å². The minimum atomic E-state index is -3.28. The van der Waals surface area contributed by atoms with Crippen molar-refractivity contribution >= 4 is 9.84 Å². The summed E-state index contributed by atoms with van der Waals surface area (Å²) in [6.45, 7) is 0.444. The van der Waals surface area contributed by atoms with E-state index in [0.717, 1.165) is 25.7 Å². The molecule has 0 aliphatic heterocycles. The number of rotatable bonds is 4. The molecule has 1 aliphatic carbocycles. The van der Waals surface area contributed by atoms with E-state index in [1.165, 1.54) is 0 Å². The average Bonchev–Trinajstić information content (AvgIpc) is 2.47. The van der Waals surface area contributed by atoms with Gasteiger partial charge in [-0.3, -0.25) is 0 Å². The third kappa shape index (κ3) is 2.92. The van der Waals surface area contributed by atoms with Crippen LogP contribution in [0, 0.1) is 5.92 Å². The summed E-state index contributed by atoms with van der Waals surface area (Å²) >= 11 is 0. The second-order valence-corrected chi connectivity index (χ2v) is 7.21. The summed E-state index contributed by atoms with van der Waals surface area (Å²) in [5.74, 6) is 0.749. The Bertz CT molecular complexity index is 510. The molecule has 2 N–H and O–H groups in total. The maximum atomic E-state index is 12.7. The van der Waals surface area contributed by atoms with Crippen molar-refractivity contribution in [3.05, 3.63) is 24.3 Å². The van der Waals surface area contributed by atoms with Gasteiger partial charge in [0.1, 0.15) is 5.75 Å². The Hall–Kier alpha value is -1.07. The molecule has 0 spiro atoms. The normalized spacial score (nSPS) is 24.1. The Kier molecular flexibility index (Phi) is 4.47. The quantitative estimate of drug-likeness (QED) is 0.917. The average molecular weight is 283 g/mol. The lowest BCUT2D eigenvalue weighted by Gasteiger charge is -2.30. The SMILES string of the molecule is COc1ccc(S(=O)(=O)C2CCCCC2CN)cc1. The van der Waals surface area contributed by atoms with Gasteiger partial charge in [-0.05, 0) is 49.6 Å². The predicted octanol–water partition coefficient (Wildman–Crippen LogP) is 1.99. The number of ether oxygens (including phenoxy) is 1. The van der Waals surface area contributed by atoms with Crippen LogP contribution in [-0.4, -0.2) is 27.3 Å². The van der Waals surface area contributed by atoms with Gasteiger partial charge in [0.25, 0.3) is 0 Å². The van der Waals surface area contributed by atoms with Gasteiger partial charge in [-0.1, -0.05) is 12.8 Å². The Balaban J connectivity index is 2.29. The number of nitrogens with two attached hydrogens (primary N) is 1. The molecule has 0 saturated heterocycles. The minimum absolute atomic E-state index is 0.0841. The highest BCUT2D eigenvalue weighted by molar-refractivity contribution is 7.92. The molecule has 0 bridgehead atoms. The smallest absolute Gasteiger partial charge is 0.181 e. The first-order valence-corrected chi connectivity index (χ1v) is 8.22. The molecule has 1 aromatic carbocycles. The summed E-state index contributed by atoms with van der Waals surface area (Å²) in [5, 5.41) is -0.334. The molecular weight excluding hydrogens is 262 g/mol. The van der Waals surface area contributed by atoms with Gasteiger partial charge >= 0.3 is 0 Å². The van der Waals surface area contributed by atoms with Crippen molar-refractivity contribution in [2.45, 2.75) is 35.8 Å². The van der Waals surface area contributed by atoms with Gasteiger partial charge in [0.15, 0.2) is 9.84 Å². The van der Waals surface area contributed by atoms with Gasteiger partial charge in [-0.15, -0.1) is 0 Å². The van der Waals surface area contributed by atoms with Crippen LogP contribution in [0.15, 0.2) is 29.2 Å². The van der Waals surface area contributed by atoms with Crippen LogP contribution in [0.3, 0.4) is 0 Å². The first-order chi connectivity index (χ1) is 9.09. The van der Waals surface area contributed by atoms with Crippen molar-refractivity contribution in [3.8, 4) is 5.75 Å². The zero-order valence-corrected chi connectivity index (χ0v) is 12.0. The van der Waals surface area contributed by atoms with Crippen molar-refractivity contribution in [1.29, 1.82) is 0 Å². The number of benzene rings is 1. The Morgan fingerprint density at radius 1 is 1.21 bits per heavy atom. The van der Waals surface area contributed by atoms with Crippen molar-refractivity contribution < 1.29 is 13.2 Å². The van der Waals surface area contributed by atoms with Gasteiger partial charge in [-0.25, -0.2) is 8.42 Å². The van der Waals surface area contributed by atoms with E-state index in [9.17, 15) is 8.42 Å². The molecule has 0 heterocycles. The van der Waals surface area contributed by atoms with Crippen LogP contribution in [0.5, 0.6) is 5.75 Å². The third-order valence-corrected chi connectivity index (χ3v) is 6.28. The number of hydrogen-bond donors (Lipinski definition) is 1. The molecule has 5 heteroatoms. The lowest BCUT2D eigenvalue weighted by molar-refractivity contribution is 0.363. The van der Waals surface area contributed by atoms with E-state index in [1.54, 1.807) is 31.4 Å². The van der Waals surface area contributed by atoms with Crippen LogP contribution in [0.1, 0.15) is 25.7 Å². The molecule has 2 unspecified atom stereocenters. The fourth-order valence-electron chi connectivity index (χ4n) is 2.79. The molecule has 19 heavy (non-hydrogen) atoms. The van der Waals surface area contributed by atoms with E-state index in [1.807, 2.05) is 0 Å². The number of methoxy groups -OCH3 is 1. The van der Waals surface area contributed by atoms with E-state index in [0.29, 0.717) is 17.2 Å². The molecule has 2 atom stereocenters. The molecule has 0 aromatic heterocycles. The minimum Gasteiger partial charge on any atom is -0.497 e. The Morgan fingerprint density at radius 3 is 2.42 bits per heavy atom. The third-order valence-electron chi connectivity index (χ3n) is 3.93. The summed E-state index contributed by atoms with van der Waals surface area (Å²) in [6.07, 6.45) is 3.68. The topological polar surface area (TPSA) is 69.4 Å². The van der Waals surface area contributed by atoms with Gasteiger partial charge in [-0.2, -0.15) is 0 Å². The van der Waals surface area contributed by atoms with Gasteiger partial charge in [0, 0.05) is 0 Å². The molecule has 1 saturated carbocycles. The highest BCUT2D eigenvalue weighted by atomic mass is 32.2. The van der Waals surface area contributed by atoms with Crippen LogP contribution >= 0.6 is 0 Å². The van der Waals surface area contributed by atoms with E-state index >= 15 is 0 Å². The zero-order chi connectivity index (χ0) is 13.9. The van der Waals surface area contributed by atoms with Gasteiger partial charge in [0.05, 0.1) is 17.3 Å². The second kappa shape index (κ2) is 5.92. The summed E-state index contributed by atoms with van der Waals surface area (Å²) in [6, 6.07) is 6.62. The van der Waals surface area contributed by atoms with E-state index in [4.69, 9.17) is 10.5 Å². The van der Waals surface area contributed by atoms with Crippen molar-refractivity contribution in [3.63, 3.8) is 0 Å². The summed E-state index contributed by atoms with van der Waals surface area (Å²) in [4.78, 5) is 0.374. The summed E-state index contributed by atoms with van der Waals surface area (Å²) in [7, 11) is -1.72. The summed E-state index contributed by atoms with van der Waals surface area (Å²) in [5.41, 5.74) is 5.73. The van der Waals surface area contributed by atoms with E-state index in [2.05, 4.69) is 0 Å². The monoisotopic (exact) mass is 283 g/mol. The molecule has 2 rings (SSSR count). The molecule has 4 nitrogen and oxygen atoms in total. The molecule has 0 radical (unpaired) electrons. The molecule has 1 aliphatic rings. The van der Waals surface area contributed by atoms with Crippen LogP contribution in [-0.2, 0) is 9.84 Å². The number of sulfone groups is 1. The molecule has 1 aromatic rings. The lowest BCUT2D eigenvalue weighted by atomic mass is 9.89. The second-order valence-electron chi connectivity index (χ2n) is 5.04. The fourth-order valence-corrected chi connectivity index (χ4v) is 4.89. The molecule has 0 amide bonds.